The zero-order valence-electron chi connectivity index (χ0n) is 29.2. The largest absolute Gasteiger partial charge is 0.352 e. The number of amides is 2. The van der Waals surface area contributed by atoms with E-state index in [4.69, 9.17) is 23.2 Å². The SMILES string of the molecule is Cn1cc(CNCC2CCC(=O)N2)c2ccc(-c3cccc(-c4cccc(-c5ccn6c(=O)c(CNCC7CCC(=O)N7)cnc6c5)c4Cl)c3Cl)cc21. The Balaban J connectivity index is 1.03. The van der Waals surface area contributed by atoms with Crippen molar-refractivity contribution in [2.75, 3.05) is 13.1 Å². The van der Waals surface area contributed by atoms with Gasteiger partial charge in [0.05, 0.1) is 10.0 Å². The Morgan fingerprint density at radius 1 is 0.755 bits per heavy atom. The van der Waals surface area contributed by atoms with Gasteiger partial charge in [-0.1, -0.05) is 71.7 Å². The van der Waals surface area contributed by atoms with Crippen LogP contribution in [0, 0.1) is 0 Å². The van der Waals surface area contributed by atoms with Gasteiger partial charge in [-0.05, 0) is 47.7 Å². The number of benzene rings is 3. The van der Waals surface area contributed by atoms with Crippen LogP contribution in [-0.4, -0.2) is 50.9 Å². The summed E-state index contributed by atoms with van der Waals surface area (Å²) < 4.78 is 3.67. The molecule has 0 radical (unpaired) electrons. The molecule has 0 aliphatic carbocycles. The van der Waals surface area contributed by atoms with Crippen LogP contribution in [0.5, 0.6) is 0 Å². The Kier molecular flexibility index (Phi) is 9.78. The second-order valence-electron chi connectivity index (χ2n) is 13.9. The van der Waals surface area contributed by atoms with Crippen LogP contribution >= 0.6 is 23.2 Å². The van der Waals surface area contributed by atoms with Crippen molar-refractivity contribution in [1.29, 1.82) is 0 Å². The van der Waals surface area contributed by atoms with Crippen LogP contribution < -0.4 is 26.8 Å². The van der Waals surface area contributed by atoms with Crippen molar-refractivity contribution >= 4 is 51.6 Å². The lowest BCUT2D eigenvalue weighted by atomic mass is 9.95. The van der Waals surface area contributed by atoms with Gasteiger partial charge in [-0.3, -0.25) is 18.8 Å². The minimum atomic E-state index is -0.148. The molecule has 2 unspecified atom stereocenters. The van der Waals surface area contributed by atoms with Crippen molar-refractivity contribution in [2.24, 2.45) is 7.05 Å². The topological polar surface area (TPSA) is 122 Å². The van der Waals surface area contributed by atoms with Crippen molar-refractivity contribution in [3.8, 4) is 33.4 Å². The minimum absolute atomic E-state index is 0.0662. The van der Waals surface area contributed by atoms with Gasteiger partial charge in [-0.15, -0.1) is 0 Å². The fourth-order valence-electron chi connectivity index (χ4n) is 7.53. The number of aromatic nitrogens is 3. The summed E-state index contributed by atoms with van der Waals surface area (Å²) in [6.07, 6.45) is 8.28. The highest BCUT2D eigenvalue weighted by Crippen LogP contribution is 2.43. The van der Waals surface area contributed by atoms with Crippen molar-refractivity contribution in [2.45, 2.75) is 50.9 Å². The Morgan fingerprint density at radius 2 is 1.34 bits per heavy atom. The van der Waals surface area contributed by atoms with E-state index in [0.717, 1.165) is 63.7 Å². The summed E-state index contributed by atoms with van der Waals surface area (Å²) in [4.78, 5) is 40.9. The molecule has 10 nitrogen and oxygen atoms in total. The molecule has 5 heterocycles. The highest BCUT2D eigenvalue weighted by Gasteiger charge is 2.22. The first kappa shape index (κ1) is 35.1. The Hall–Kier alpha value is -5.00. The van der Waals surface area contributed by atoms with Crippen molar-refractivity contribution < 1.29 is 9.59 Å². The number of hydrogen-bond donors (Lipinski definition) is 4. The van der Waals surface area contributed by atoms with E-state index in [0.29, 0.717) is 53.7 Å². The molecule has 2 amide bonds. The predicted molar refractivity (Wildman–Crippen MR) is 210 cm³/mol. The van der Waals surface area contributed by atoms with Crippen LogP contribution in [0.4, 0.5) is 0 Å². The zero-order chi connectivity index (χ0) is 36.6. The van der Waals surface area contributed by atoms with E-state index < -0.39 is 0 Å². The molecule has 8 rings (SSSR count). The predicted octanol–water partition coefficient (Wildman–Crippen LogP) is 6.23. The van der Waals surface area contributed by atoms with E-state index in [-0.39, 0.29) is 29.5 Å². The summed E-state index contributed by atoms with van der Waals surface area (Å²) in [5.41, 5.74) is 8.34. The number of nitrogens with zero attached hydrogens (tertiary/aromatic N) is 3. The number of hydrogen-bond acceptors (Lipinski definition) is 6. The molecular weight excluding hydrogens is 709 g/mol. The van der Waals surface area contributed by atoms with E-state index in [1.165, 1.54) is 9.96 Å². The van der Waals surface area contributed by atoms with Gasteiger partial charge in [-0.25, -0.2) is 4.98 Å². The molecule has 2 atom stereocenters. The van der Waals surface area contributed by atoms with E-state index in [1.54, 1.807) is 12.4 Å². The maximum atomic E-state index is 13.3. The van der Waals surface area contributed by atoms with Gasteiger partial charge in [-0.2, -0.15) is 0 Å². The summed E-state index contributed by atoms with van der Waals surface area (Å²) in [5.74, 6) is 0.193. The molecule has 0 bridgehead atoms. The second kappa shape index (κ2) is 14.8. The maximum Gasteiger partial charge on any atom is 0.262 e. The smallest absolute Gasteiger partial charge is 0.262 e. The quantitative estimate of drug-likeness (QED) is 0.125. The lowest BCUT2D eigenvalue weighted by Gasteiger charge is -2.15. The number of carbonyl (C=O) groups excluding carboxylic acids is 2. The number of halogens is 2. The highest BCUT2D eigenvalue weighted by molar-refractivity contribution is 6.39. The molecule has 0 saturated carbocycles. The number of fused-ring (bicyclic) bond motifs is 2. The Labute approximate surface area is 316 Å². The third-order valence-electron chi connectivity index (χ3n) is 10.3. The number of rotatable bonds is 11. The average molecular weight is 749 g/mol. The standard InChI is InChI=1S/C41H39Cl2N7O3/c1-49-23-27(19-45-22-29-10-13-38(52)48-29)30-11-8-24(16-35(30)49)31-4-2-6-33(39(31)42)34-7-3-5-32(40(34)43)25-14-15-50-36(17-25)46-20-26(41(50)53)18-44-21-28-9-12-37(51)47-28/h2-8,11,14-17,20,23,28-29,44-45H,9-10,12-13,18-19,21-22H2,1H3,(H,47,51)(H,48,52). The van der Waals surface area contributed by atoms with Crippen LogP contribution in [0.3, 0.4) is 0 Å². The first-order chi connectivity index (χ1) is 25.7. The van der Waals surface area contributed by atoms with Gasteiger partial charge < -0.3 is 25.8 Å². The average Bonchev–Trinajstić information content (AvgIpc) is 3.87. The highest BCUT2D eigenvalue weighted by atomic mass is 35.5. The summed E-state index contributed by atoms with van der Waals surface area (Å²) >= 11 is 14.4. The molecule has 2 fully saturated rings. The lowest BCUT2D eigenvalue weighted by Crippen LogP contribution is -2.36. The summed E-state index contributed by atoms with van der Waals surface area (Å²) in [6.45, 7) is 2.41. The second-order valence-corrected chi connectivity index (χ2v) is 14.7. The molecule has 4 N–H and O–H groups in total. The molecule has 12 heteroatoms. The molecule has 2 aliphatic rings. The van der Waals surface area contributed by atoms with Gasteiger partial charge in [0.15, 0.2) is 0 Å². The number of nitrogens with one attached hydrogen (secondary N) is 4. The van der Waals surface area contributed by atoms with Crippen molar-refractivity contribution in [3.63, 3.8) is 0 Å². The lowest BCUT2D eigenvalue weighted by molar-refractivity contribution is -0.120. The first-order valence-electron chi connectivity index (χ1n) is 17.9. The molecule has 53 heavy (non-hydrogen) atoms. The Bertz CT molecular complexity index is 2460. The van der Waals surface area contributed by atoms with Gasteiger partial charge >= 0.3 is 0 Å². The van der Waals surface area contributed by atoms with E-state index >= 15 is 0 Å². The fraction of sp³-hybridized carbons (Fsp3) is 0.268. The van der Waals surface area contributed by atoms with Gasteiger partial charge in [0.2, 0.25) is 11.8 Å². The monoisotopic (exact) mass is 747 g/mol. The Morgan fingerprint density at radius 3 is 1.94 bits per heavy atom. The summed E-state index contributed by atoms with van der Waals surface area (Å²) in [7, 11) is 2.05. The molecule has 2 saturated heterocycles. The molecule has 3 aromatic heterocycles. The molecule has 0 spiro atoms. The summed E-state index contributed by atoms with van der Waals surface area (Å²) in [5, 5.41) is 15.0. The number of carbonyl (C=O) groups is 2. The fourth-order valence-corrected chi connectivity index (χ4v) is 8.20. The van der Waals surface area contributed by atoms with Crippen LogP contribution in [0.2, 0.25) is 10.0 Å². The third kappa shape index (κ3) is 7.07. The summed E-state index contributed by atoms with van der Waals surface area (Å²) in [6, 6.07) is 22.3. The molecule has 6 aromatic rings. The van der Waals surface area contributed by atoms with Crippen LogP contribution in [-0.2, 0) is 29.7 Å². The maximum absolute atomic E-state index is 13.3. The normalized spacial score (nSPS) is 17.2. The minimum Gasteiger partial charge on any atom is -0.352 e. The number of pyridine rings is 1. The van der Waals surface area contributed by atoms with Gasteiger partial charge in [0, 0.05) is 115 Å². The van der Waals surface area contributed by atoms with Crippen LogP contribution in [0.15, 0.2) is 90.1 Å². The first-order valence-corrected chi connectivity index (χ1v) is 18.7. The van der Waals surface area contributed by atoms with Crippen molar-refractivity contribution in [3.05, 3.63) is 117 Å². The molecule has 270 valence electrons. The van der Waals surface area contributed by atoms with E-state index in [9.17, 15) is 14.4 Å². The van der Waals surface area contributed by atoms with Crippen LogP contribution in [0.1, 0.15) is 36.8 Å². The van der Waals surface area contributed by atoms with Crippen LogP contribution in [0.25, 0.3) is 49.9 Å². The van der Waals surface area contributed by atoms with Gasteiger partial charge in [0.1, 0.15) is 5.65 Å². The zero-order valence-corrected chi connectivity index (χ0v) is 30.7. The molecule has 2 aliphatic heterocycles. The molecule has 3 aromatic carbocycles. The van der Waals surface area contributed by atoms with E-state index in [2.05, 4.69) is 55.2 Å². The van der Waals surface area contributed by atoms with Gasteiger partial charge in [0.25, 0.3) is 5.56 Å². The van der Waals surface area contributed by atoms with Crippen molar-refractivity contribution in [1.82, 2.24) is 35.2 Å². The number of aryl methyl sites for hydroxylation is 1. The third-order valence-corrected chi connectivity index (χ3v) is 11.2. The molecular formula is C41H39Cl2N7O3. The van der Waals surface area contributed by atoms with E-state index in [1.807, 2.05) is 55.6 Å².